The molecule has 114 valence electrons. The minimum Gasteiger partial charge on any atom is -0.458 e. The van der Waals surface area contributed by atoms with Gasteiger partial charge in [-0.3, -0.25) is 0 Å². The first-order chi connectivity index (χ1) is 10.6. The van der Waals surface area contributed by atoms with Crippen molar-refractivity contribution in [1.82, 2.24) is 5.32 Å². The third-order valence-corrected chi connectivity index (χ3v) is 3.30. The maximum absolute atomic E-state index is 11.8. The lowest BCUT2D eigenvalue weighted by Crippen LogP contribution is -2.17. The van der Waals surface area contributed by atoms with E-state index in [2.05, 4.69) is 24.4 Å². The molecule has 3 nitrogen and oxygen atoms in total. The molecule has 0 heterocycles. The summed E-state index contributed by atoms with van der Waals surface area (Å²) in [5.74, 6) is -0.339. The average molecular weight is 295 g/mol. The number of hydrogen-bond acceptors (Lipinski definition) is 3. The van der Waals surface area contributed by atoms with Crippen molar-refractivity contribution in [3.05, 3.63) is 83.6 Å². The van der Waals surface area contributed by atoms with E-state index < -0.39 is 0 Å². The highest BCUT2D eigenvalue weighted by Crippen LogP contribution is 2.12. The molecule has 2 aromatic rings. The van der Waals surface area contributed by atoms with Gasteiger partial charge in [0.1, 0.15) is 6.61 Å². The molecule has 1 N–H and O–H groups in total. The number of carbonyl (C=O) groups is 1. The quantitative estimate of drug-likeness (QED) is 0.647. The molecule has 0 aliphatic rings. The van der Waals surface area contributed by atoms with Gasteiger partial charge in [0.2, 0.25) is 0 Å². The highest BCUT2D eigenvalue weighted by atomic mass is 16.5. The lowest BCUT2D eigenvalue weighted by molar-refractivity contribution is -0.139. The van der Waals surface area contributed by atoms with Crippen molar-refractivity contribution < 1.29 is 9.53 Å². The zero-order chi connectivity index (χ0) is 15.8. The first kappa shape index (κ1) is 15.8. The van der Waals surface area contributed by atoms with Crippen LogP contribution in [-0.4, -0.2) is 5.97 Å². The predicted octanol–water partition coefficient (Wildman–Crippen LogP) is 3.98. The van der Waals surface area contributed by atoms with Crippen LogP contribution >= 0.6 is 0 Å². The second-order valence-electron chi connectivity index (χ2n) is 5.20. The van der Waals surface area contributed by atoms with E-state index in [1.54, 1.807) is 0 Å². The maximum Gasteiger partial charge on any atom is 0.332 e. The third kappa shape index (κ3) is 5.09. The van der Waals surface area contributed by atoms with E-state index in [-0.39, 0.29) is 18.6 Å². The summed E-state index contributed by atoms with van der Waals surface area (Å²) in [7, 11) is 0. The molecule has 0 saturated heterocycles. The lowest BCUT2D eigenvalue weighted by Gasteiger charge is -2.15. The predicted molar refractivity (Wildman–Crippen MR) is 88.0 cm³/mol. The summed E-state index contributed by atoms with van der Waals surface area (Å²) in [4.78, 5) is 11.8. The summed E-state index contributed by atoms with van der Waals surface area (Å²) in [5, 5.41) is 3.29. The molecule has 0 unspecified atom stereocenters. The van der Waals surface area contributed by atoms with Crippen molar-refractivity contribution in [3.8, 4) is 0 Å². The Kier molecular flexibility index (Phi) is 5.78. The summed E-state index contributed by atoms with van der Waals surface area (Å²) < 4.78 is 5.23. The molecule has 22 heavy (non-hydrogen) atoms. The molecule has 0 aliphatic heterocycles. The van der Waals surface area contributed by atoms with Crippen LogP contribution in [0.25, 0.3) is 0 Å². The van der Waals surface area contributed by atoms with Crippen molar-refractivity contribution in [2.45, 2.75) is 26.5 Å². The van der Waals surface area contributed by atoms with E-state index in [4.69, 9.17) is 4.74 Å². The first-order valence-electron chi connectivity index (χ1n) is 7.35. The van der Waals surface area contributed by atoms with Crippen LogP contribution in [0.3, 0.4) is 0 Å². The molecule has 3 heteroatoms. The molecule has 0 radical (unpaired) electrons. The van der Waals surface area contributed by atoms with Gasteiger partial charge in [-0.25, -0.2) is 4.79 Å². The van der Waals surface area contributed by atoms with Gasteiger partial charge in [0.25, 0.3) is 0 Å². The second kappa shape index (κ2) is 8.03. The van der Waals surface area contributed by atoms with Crippen molar-refractivity contribution in [3.63, 3.8) is 0 Å². The molecule has 0 amide bonds. The zero-order valence-corrected chi connectivity index (χ0v) is 13.0. The van der Waals surface area contributed by atoms with Crippen molar-refractivity contribution in [1.29, 1.82) is 0 Å². The molecule has 0 aromatic heterocycles. The summed E-state index contributed by atoms with van der Waals surface area (Å²) >= 11 is 0. The van der Waals surface area contributed by atoms with Gasteiger partial charge in [-0.05, 0) is 25.0 Å². The number of nitrogens with one attached hydrogen (secondary N) is 1. The smallest absolute Gasteiger partial charge is 0.332 e. The molecule has 0 fully saturated rings. The molecular weight excluding hydrogens is 274 g/mol. The maximum atomic E-state index is 11.8. The van der Waals surface area contributed by atoms with Crippen LogP contribution in [0.2, 0.25) is 0 Å². The minimum atomic E-state index is -0.339. The number of carbonyl (C=O) groups excluding carboxylic acids is 1. The standard InChI is InChI=1S/C19H21NO2/c1-15(20-16(2)18-11-7-4-8-12-18)13-19(21)22-14-17-9-5-3-6-10-17/h3-13,16,20H,14H2,1-2H3/b15-13-/t16-/m0/s1. The van der Waals surface area contributed by atoms with Gasteiger partial charge in [-0.2, -0.15) is 0 Å². The number of rotatable bonds is 6. The van der Waals surface area contributed by atoms with Gasteiger partial charge in [-0.1, -0.05) is 60.7 Å². The Bertz CT molecular complexity index is 620. The number of esters is 1. The Morgan fingerprint density at radius 3 is 2.32 bits per heavy atom. The van der Waals surface area contributed by atoms with Gasteiger partial charge in [0.05, 0.1) is 0 Å². The SMILES string of the molecule is C/C(=C/C(=O)OCc1ccccc1)N[C@@H](C)c1ccccc1. The van der Waals surface area contributed by atoms with Crippen molar-refractivity contribution in [2.24, 2.45) is 0 Å². The van der Waals surface area contributed by atoms with E-state index in [0.29, 0.717) is 0 Å². The molecular formula is C19H21NO2. The Hall–Kier alpha value is -2.55. The Labute approximate surface area is 131 Å². The van der Waals surface area contributed by atoms with Gasteiger partial charge in [-0.15, -0.1) is 0 Å². The van der Waals surface area contributed by atoms with E-state index in [1.165, 1.54) is 11.6 Å². The molecule has 0 bridgehead atoms. The van der Waals surface area contributed by atoms with Gasteiger partial charge < -0.3 is 10.1 Å². The second-order valence-corrected chi connectivity index (χ2v) is 5.20. The summed E-state index contributed by atoms with van der Waals surface area (Å²) in [6.07, 6.45) is 1.49. The normalized spacial score (nSPS) is 12.5. The summed E-state index contributed by atoms with van der Waals surface area (Å²) in [6.45, 7) is 4.21. The molecule has 1 atom stereocenters. The topological polar surface area (TPSA) is 38.3 Å². The summed E-state index contributed by atoms with van der Waals surface area (Å²) in [5.41, 5.74) is 2.94. The van der Waals surface area contributed by atoms with Crippen LogP contribution in [0.5, 0.6) is 0 Å². The molecule has 2 aromatic carbocycles. The largest absolute Gasteiger partial charge is 0.458 e. The number of benzene rings is 2. The fourth-order valence-electron chi connectivity index (χ4n) is 2.16. The van der Waals surface area contributed by atoms with Crippen LogP contribution in [0.15, 0.2) is 72.4 Å². The fraction of sp³-hybridized carbons (Fsp3) is 0.211. The van der Waals surface area contributed by atoms with Crippen LogP contribution in [0, 0.1) is 0 Å². The van der Waals surface area contributed by atoms with Crippen molar-refractivity contribution >= 4 is 5.97 Å². The molecule has 0 saturated carbocycles. The average Bonchev–Trinajstić information content (AvgIpc) is 2.54. The van der Waals surface area contributed by atoms with E-state index in [1.807, 2.05) is 55.5 Å². The van der Waals surface area contributed by atoms with Gasteiger partial charge in [0, 0.05) is 17.8 Å². The van der Waals surface area contributed by atoms with Crippen LogP contribution in [-0.2, 0) is 16.1 Å². The minimum absolute atomic E-state index is 0.138. The molecule has 2 rings (SSSR count). The molecule has 0 aliphatic carbocycles. The van der Waals surface area contributed by atoms with E-state index in [0.717, 1.165) is 11.3 Å². The van der Waals surface area contributed by atoms with Crippen LogP contribution in [0.4, 0.5) is 0 Å². The van der Waals surface area contributed by atoms with Crippen LogP contribution in [0.1, 0.15) is 31.0 Å². The number of hydrogen-bond donors (Lipinski definition) is 1. The van der Waals surface area contributed by atoms with E-state index in [9.17, 15) is 4.79 Å². The highest BCUT2D eigenvalue weighted by Gasteiger charge is 2.06. The highest BCUT2D eigenvalue weighted by molar-refractivity contribution is 5.82. The molecule has 0 spiro atoms. The monoisotopic (exact) mass is 295 g/mol. The number of ether oxygens (including phenoxy) is 1. The Balaban J connectivity index is 1.84. The zero-order valence-electron chi connectivity index (χ0n) is 13.0. The lowest BCUT2D eigenvalue weighted by atomic mass is 10.1. The fourth-order valence-corrected chi connectivity index (χ4v) is 2.16. The first-order valence-corrected chi connectivity index (χ1v) is 7.35. The Morgan fingerprint density at radius 2 is 1.68 bits per heavy atom. The van der Waals surface area contributed by atoms with Gasteiger partial charge in [0.15, 0.2) is 0 Å². The van der Waals surface area contributed by atoms with Crippen molar-refractivity contribution in [2.75, 3.05) is 0 Å². The Morgan fingerprint density at radius 1 is 1.09 bits per heavy atom. The van der Waals surface area contributed by atoms with Gasteiger partial charge >= 0.3 is 5.97 Å². The number of allylic oxidation sites excluding steroid dienone is 1. The summed E-state index contributed by atoms with van der Waals surface area (Å²) in [6, 6.07) is 19.9. The third-order valence-electron chi connectivity index (χ3n) is 3.30. The van der Waals surface area contributed by atoms with Crippen LogP contribution < -0.4 is 5.32 Å². The van der Waals surface area contributed by atoms with E-state index >= 15 is 0 Å².